The van der Waals surface area contributed by atoms with E-state index in [1.807, 2.05) is 6.07 Å². The van der Waals surface area contributed by atoms with Crippen LogP contribution in [0.4, 0.5) is 0 Å². The molecular formula is C19H14O4. The minimum atomic E-state index is -0.418. The lowest BCUT2D eigenvalue weighted by molar-refractivity contribution is -0.131. The molecule has 0 saturated carbocycles. The lowest BCUT2D eigenvalue weighted by atomic mass is 10.0. The third-order valence-corrected chi connectivity index (χ3v) is 3.56. The summed E-state index contributed by atoms with van der Waals surface area (Å²) >= 11 is 0. The van der Waals surface area contributed by atoms with Gasteiger partial charge in [0.1, 0.15) is 17.1 Å². The molecule has 0 radical (unpaired) electrons. The number of fused-ring (bicyclic) bond motifs is 2. The molecule has 0 aliphatic carbocycles. The predicted molar refractivity (Wildman–Crippen MR) is 91.5 cm³/mol. The summed E-state index contributed by atoms with van der Waals surface area (Å²) < 4.78 is 11.0. The van der Waals surface area contributed by atoms with Crippen molar-refractivity contribution in [1.82, 2.24) is 0 Å². The monoisotopic (exact) mass is 306 g/mol. The number of hydrogen-bond donors (Lipinski definition) is 0. The summed E-state index contributed by atoms with van der Waals surface area (Å²) in [5.41, 5.74) is 0.607. The summed E-state index contributed by atoms with van der Waals surface area (Å²) in [6.07, 6.45) is 2.93. The predicted octanol–water partition coefficient (Wildman–Crippen LogP) is 4.16. The van der Waals surface area contributed by atoms with E-state index in [1.165, 1.54) is 19.1 Å². The summed E-state index contributed by atoms with van der Waals surface area (Å²) in [5.74, 6) is 0.371. The zero-order valence-electron chi connectivity index (χ0n) is 12.6. The van der Waals surface area contributed by atoms with Crippen molar-refractivity contribution in [2.24, 2.45) is 0 Å². The Morgan fingerprint density at radius 2 is 1.96 bits per heavy atom. The number of carbonyl (C=O) groups is 1. The van der Waals surface area contributed by atoms with Crippen molar-refractivity contribution in [3.8, 4) is 5.75 Å². The molecule has 23 heavy (non-hydrogen) atoms. The van der Waals surface area contributed by atoms with Crippen LogP contribution >= 0.6 is 0 Å². The SMILES string of the molecule is C=Cc1oc2cc3cccc(OC(C)=O)c3cc2c(=O)c1C=C. The molecule has 1 aromatic heterocycles. The van der Waals surface area contributed by atoms with Crippen molar-refractivity contribution in [3.05, 3.63) is 65.0 Å². The van der Waals surface area contributed by atoms with E-state index in [1.54, 1.807) is 24.3 Å². The molecule has 0 fully saturated rings. The van der Waals surface area contributed by atoms with Gasteiger partial charge in [0.2, 0.25) is 5.43 Å². The Bertz CT molecular complexity index is 1020. The van der Waals surface area contributed by atoms with Crippen LogP contribution in [0.5, 0.6) is 5.75 Å². The second kappa shape index (κ2) is 5.57. The zero-order valence-corrected chi connectivity index (χ0v) is 12.6. The first-order valence-corrected chi connectivity index (χ1v) is 7.02. The van der Waals surface area contributed by atoms with E-state index < -0.39 is 5.97 Å². The molecule has 114 valence electrons. The average molecular weight is 306 g/mol. The summed E-state index contributed by atoms with van der Waals surface area (Å²) in [4.78, 5) is 23.9. The molecule has 0 spiro atoms. The van der Waals surface area contributed by atoms with Crippen LogP contribution in [0.15, 0.2) is 52.7 Å². The van der Waals surface area contributed by atoms with Gasteiger partial charge in [-0.2, -0.15) is 0 Å². The average Bonchev–Trinajstić information content (AvgIpc) is 2.53. The van der Waals surface area contributed by atoms with Crippen molar-refractivity contribution < 1.29 is 13.9 Å². The maximum absolute atomic E-state index is 12.6. The Balaban J connectivity index is 2.43. The van der Waals surface area contributed by atoms with Gasteiger partial charge in [0.05, 0.1) is 10.9 Å². The first kappa shape index (κ1) is 14.8. The summed E-state index contributed by atoms with van der Waals surface area (Å²) in [6.45, 7) is 8.64. The van der Waals surface area contributed by atoms with Gasteiger partial charge in [0, 0.05) is 12.3 Å². The van der Waals surface area contributed by atoms with E-state index in [9.17, 15) is 9.59 Å². The molecule has 0 saturated heterocycles. The summed E-state index contributed by atoms with van der Waals surface area (Å²) in [6, 6.07) is 8.74. The van der Waals surface area contributed by atoms with Crippen molar-refractivity contribution in [3.63, 3.8) is 0 Å². The van der Waals surface area contributed by atoms with Crippen LogP contribution in [0.1, 0.15) is 18.2 Å². The van der Waals surface area contributed by atoms with Crippen LogP contribution in [0.3, 0.4) is 0 Å². The van der Waals surface area contributed by atoms with Gasteiger partial charge < -0.3 is 9.15 Å². The van der Waals surface area contributed by atoms with E-state index in [2.05, 4.69) is 13.2 Å². The lowest BCUT2D eigenvalue weighted by Crippen LogP contribution is -2.07. The minimum Gasteiger partial charge on any atom is -0.456 e. The van der Waals surface area contributed by atoms with Crippen molar-refractivity contribution >= 4 is 39.9 Å². The molecule has 0 aliphatic heterocycles. The van der Waals surface area contributed by atoms with Crippen LogP contribution in [-0.2, 0) is 4.79 Å². The maximum atomic E-state index is 12.6. The van der Waals surface area contributed by atoms with Crippen LogP contribution in [0.25, 0.3) is 33.9 Å². The highest BCUT2D eigenvalue weighted by Gasteiger charge is 2.13. The highest BCUT2D eigenvalue weighted by molar-refractivity contribution is 6.00. The van der Waals surface area contributed by atoms with Gasteiger partial charge in [-0.1, -0.05) is 31.4 Å². The van der Waals surface area contributed by atoms with Crippen molar-refractivity contribution in [1.29, 1.82) is 0 Å². The molecule has 4 heteroatoms. The highest BCUT2D eigenvalue weighted by atomic mass is 16.5. The third kappa shape index (κ3) is 2.44. The second-order valence-corrected chi connectivity index (χ2v) is 5.04. The van der Waals surface area contributed by atoms with Crippen molar-refractivity contribution in [2.45, 2.75) is 6.92 Å². The first-order chi connectivity index (χ1) is 11.0. The number of benzene rings is 2. The normalized spacial score (nSPS) is 10.7. The Labute approximate surface area is 132 Å². The van der Waals surface area contributed by atoms with E-state index in [4.69, 9.17) is 9.15 Å². The van der Waals surface area contributed by atoms with Gasteiger partial charge in [-0.25, -0.2) is 0 Å². The van der Waals surface area contributed by atoms with E-state index in [0.29, 0.717) is 33.4 Å². The van der Waals surface area contributed by atoms with Crippen LogP contribution in [0, 0.1) is 0 Å². The van der Waals surface area contributed by atoms with Gasteiger partial charge in [-0.3, -0.25) is 9.59 Å². The number of ether oxygens (including phenoxy) is 1. The van der Waals surface area contributed by atoms with E-state index >= 15 is 0 Å². The topological polar surface area (TPSA) is 56.5 Å². The fraction of sp³-hybridized carbons (Fsp3) is 0.0526. The van der Waals surface area contributed by atoms with Crippen LogP contribution in [0.2, 0.25) is 0 Å². The molecule has 0 amide bonds. The van der Waals surface area contributed by atoms with Gasteiger partial charge in [-0.05, 0) is 29.7 Å². The Morgan fingerprint density at radius 1 is 1.17 bits per heavy atom. The smallest absolute Gasteiger partial charge is 0.308 e. The molecule has 4 nitrogen and oxygen atoms in total. The van der Waals surface area contributed by atoms with E-state index in [0.717, 1.165) is 5.39 Å². The largest absolute Gasteiger partial charge is 0.456 e. The van der Waals surface area contributed by atoms with Crippen LogP contribution in [-0.4, -0.2) is 5.97 Å². The van der Waals surface area contributed by atoms with Gasteiger partial charge in [-0.15, -0.1) is 0 Å². The molecule has 2 aromatic carbocycles. The molecule has 1 heterocycles. The number of carbonyl (C=O) groups excluding carboxylic acids is 1. The maximum Gasteiger partial charge on any atom is 0.308 e. The Kier molecular flexibility index (Phi) is 3.58. The molecule has 3 aromatic rings. The van der Waals surface area contributed by atoms with Gasteiger partial charge in [0.25, 0.3) is 0 Å². The zero-order chi connectivity index (χ0) is 16.6. The Hall–Kier alpha value is -3.14. The standard InChI is InChI=1S/C19H14O4/c1-4-13-16(5-2)23-18-9-12-7-6-8-17(22-11(3)20)14(12)10-15(18)19(13)21/h4-10H,1-2H2,3H3. The van der Waals surface area contributed by atoms with Gasteiger partial charge >= 0.3 is 5.97 Å². The van der Waals surface area contributed by atoms with Crippen molar-refractivity contribution in [2.75, 3.05) is 0 Å². The molecular weight excluding hydrogens is 292 g/mol. The molecule has 0 atom stereocenters. The van der Waals surface area contributed by atoms with Gasteiger partial charge in [0.15, 0.2) is 0 Å². The quantitative estimate of drug-likeness (QED) is 0.414. The minimum absolute atomic E-state index is 0.198. The second-order valence-electron chi connectivity index (χ2n) is 5.04. The number of hydrogen-bond acceptors (Lipinski definition) is 4. The molecule has 0 N–H and O–H groups in total. The molecule has 3 rings (SSSR count). The van der Waals surface area contributed by atoms with Crippen LogP contribution < -0.4 is 10.2 Å². The summed E-state index contributed by atoms with van der Waals surface area (Å²) in [7, 11) is 0. The number of rotatable bonds is 3. The highest BCUT2D eigenvalue weighted by Crippen LogP contribution is 2.30. The molecule has 0 unspecified atom stereocenters. The molecule has 0 bridgehead atoms. The fourth-order valence-electron chi connectivity index (χ4n) is 2.56. The Morgan fingerprint density at radius 3 is 2.61 bits per heavy atom. The fourth-order valence-corrected chi connectivity index (χ4v) is 2.56. The third-order valence-electron chi connectivity index (χ3n) is 3.56. The summed E-state index contributed by atoms with van der Waals surface area (Å²) in [5, 5.41) is 1.88. The molecule has 0 aliphatic rings. The van der Waals surface area contributed by atoms with E-state index in [-0.39, 0.29) is 5.43 Å². The lowest BCUT2D eigenvalue weighted by Gasteiger charge is -2.08. The first-order valence-electron chi connectivity index (χ1n) is 7.02. The number of esters is 1.